The second-order valence-electron chi connectivity index (χ2n) is 3.97. The number of nitrogens with one attached hydrogen (secondary N) is 1. The van der Waals surface area contributed by atoms with Crippen LogP contribution in [-0.2, 0) is 16.4 Å². The van der Waals surface area contributed by atoms with E-state index >= 15 is 0 Å². The molecule has 1 aromatic carbocycles. The summed E-state index contributed by atoms with van der Waals surface area (Å²) in [6.45, 7) is 2.57. The van der Waals surface area contributed by atoms with Gasteiger partial charge in [-0.2, -0.15) is 0 Å². The van der Waals surface area contributed by atoms with E-state index in [1.165, 1.54) is 0 Å². The third kappa shape index (κ3) is 5.19. The van der Waals surface area contributed by atoms with E-state index in [-0.39, 0.29) is 5.75 Å². The highest BCUT2D eigenvalue weighted by Crippen LogP contribution is 2.13. The summed E-state index contributed by atoms with van der Waals surface area (Å²) in [5, 5.41) is 0. The van der Waals surface area contributed by atoms with Gasteiger partial charge in [0.05, 0.1) is 5.75 Å². The van der Waals surface area contributed by atoms with Crippen molar-refractivity contribution in [2.24, 2.45) is 5.73 Å². The predicted octanol–water partition coefficient (Wildman–Crippen LogP) is 1.73. The molecule has 0 unspecified atom stereocenters. The maximum absolute atomic E-state index is 11.7. The lowest BCUT2D eigenvalue weighted by Crippen LogP contribution is -2.17. The van der Waals surface area contributed by atoms with E-state index in [1.807, 2.05) is 25.1 Å². The van der Waals surface area contributed by atoms with Gasteiger partial charge in [-0.25, -0.2) is 8.42 Å². The SMILES string of the molecule is CCc1cccc(NS(=O)(=O)CCCCN)c1. The monoisotopic (exact) mass is 256 g/mol. The van der Waals surface area contributed by atoms with Crippen LogP contribution in [0.15, 0.2) is 24.3 Å². The molecule has 0 aliphatic carbocycles. The number of hydrogen-bond acceptors (Lipinski definition) is 3. The first-order chi connectivity index (χ1) is 8.07. The molecule has 0 bridgehead atoms. The minimum absolute atomic E-state index is 0.126. The molecule has 5 heteroatoms. The molecule has 0 radical (unpaired) electrons. The Bertz CT molecular complexity index is 444. The van der Waals surface area contributed by atoms with Gasteiger partial charge in [0.25, 0.3) is 0 Å². The van der Waals surface area contributed by atoms with Gasteiger partial charge >= 0.3 is 0 Å². The number of sulfonamides is 1. The van der Waals surface area contributed by atoms with Crippen molar-refractivity contribution in [2.45, 2.75) is 26.2 Å². The number of benzene rings is 1. The van der Waals surface area contributed by atoms with Crippen LogP contribution in [0.4, 0.5) is 5.69 Å². The van der Waals surface area contributed by atoms with Crippen molar-refractivity contribution in [3.63, 3.8) is 0 Å². The first-order valence-electron chi connectivity index (χ1n) is 5.87. The zero-order chi connectivity index (χ0) is 12.7. The van der Waals surface area contributed by atoms with Crippen molar-refractivity contribution in [1.82, 2.24) is 0 Å². The van der Waals surface area contributed by atoms with Crippen molar-refractivity contribution in [3.8, 4) is 0 Å². The van der Waals surface area contributed by atoms with Crippen molar-refractivity contribution >= 4 is 15.7 Å². The summed E-state index contributed by atoms with van der Waals surface area (Å²) in [5.41, 5.74) is 7.09. The summed E-state index contributed by atoms with van der Waals surface area (Å²) in [4.78, 5) is 0. The molecule has 17 heavy (non-hydrogen) atoms. The highest BCUT2D eigenvalue weighted by molar-refractivity contribution is 7.92. The van der Waals surface area contributed by atoms with E-state index < -0.39 is 10.0 Å². The molecule has 0 amide bonds. The molecule has 1 aromatic rings. The lowest BCUT2D eigenvalue weighted by atomic mass is 10.1. The Morgan fingerprint density at radius 3 is 2.71 bits per heavy atom. The number of rotatable bonds is 7. The minimum atomic E-state index is -3.24. The molecule has 0 spiro atoms. The Labute approximate surface area is 103 Å². The molecular weight excluding hydrogens is 236 g/mol. The molecule has 0 saturated heterocycles. The number of aryl methyl sites for hydroxylation is 1. The topological polar surface area (TPSA) is 72.2 Å². The smallest absolute Gasteiger partial charge is 0.232 e. The van der Waals surface area contributed by atoms with Crippen LogP contribution in [-0.4, -0.2) is 20.7 Å². The van der Waals surface area contributed by atoms with Crippen molar-refractivity contribution in [2.75, 3.05) is 17.0 Å². The van der Waals surface area contributed by atoms with Gasteiger partial charge in [0, 0.05) is 5.69 Å². The Kier molecular flexibility index (Phi) is 5.44. The Morgan fingerprint density at radius 2 is 2.06 bits per heavy atom. The third-order valence-electron chi connectivity index (χ3n) is 2.48. The average Bonchev–Trinajstić information content (AvgIpc) is 2.29. The second kappa shape index (κ2) is 6.61. The van der Waals surface area contributed by atoms with Gasteiger partial charge in [0.15, 0.2) is 0 Å². The lowest BCUT2D eigenvalue weighted by molar-refractivity contribution is 0.597. The molecule has 3 N–H and O–H groups in total. The maximum Gasteiger partial charge on any atom is 0.232 e. The van der Waals surface area contributed by atoms with E-state index in [0.29, 0.717) is 18.7 Å². The molecular formula is C12H20N2O2S. The lowest BCUT2D eigenvalue weighted by Gasteiger charge is -2.08. The van der Waals surface area contributed by atoms with E-state index in [2.05, 4.69) is 4.72 Å². The van der Waals surface area contributed by atoms with Crippen LogP contribution in [0.5, 0.6) is 0 Å². The first kappa shape index (κ1) is 14.0. The van der Waals surface area contributed by atoms with Crippen LogP contribution in [0.3, 0.4) is 0 Å². The summed E-state index contributed by atoms with van der Waals surface area (Å²) in [5.74, 6) is 0.126. The van der Waals surface area contributed by atoms with E-state index in [4.69, 9.17) is 5.73 Å². The number of anilines is 1. The second-order valence-corrected chi connectivity index (χ2v) is 5.81. The van der Waals surface area contributed by atoms with Gasteiger partial charge < -0.3 is 5.73 Å². The summed E-state index contributed by atoms with van der Waals surface area (Å²) >= 11 is 0. The standard InChI is InChI=1S/C12H20N2O2S/c1-2-11-6-5-7-12(10-11)14-17(15,16)9-4-3-8-13/h5-7,10,14H,2-4,8-9,13H2,1H3. The zero-order valence-corrected chi connectivity index (χ0v) is 11.0. The molecule has 1 rings (SSSR count). The van der Waals surface area contributed by atoms with Crippen LogP contribution in [0, 0.1) is 0 Å². The molecule has 0 aromatic heterocycles. The molecule has 0 saturated carbocycles. The number of unbranched alkanes of at least 4 members (excludes halogenated alkanes) is 1. The van der Waals surface area contributed by atoms with Crippen molar-refractivity contribution in [3.05, 3.63) is 29.8 Å². The van der Waals surface area contributed by atoms with Crippen molar-refractivity contribution < 1.29 is 8.42 Å². The van der Waals surface area contributed by atoms with Gasteiger partial charge in [-0.05, 0) is 43.5 Å². The Morgan fingerprint density at radius 1 is 1.29 bits per heavy atom. The fourth-order valence-corrected chi connectivity index (χ4v) is 2.69. The highest BCUT2D eigenvalue weighted by Gasteiger charge is 2.09. The summed E-state index contributed by atoms with van der Waals surface area (Å²) < 4.78 is 26.0. The predicted molar refractivity (Wildman–Crippen MR) is 71.5 cm³/mol. The van der Waals surface area contributed by atoms with Gasteiger partial charge in [0.2, 0.25) is 10.0 Å². The van der Waals surface area contributed by atoms with E-state index in [1.54, 1.807) is 6.07 Å². The van der Waals surface area contributed by atoms with E-state index in [9.17, 15) is 8.42 Å². The van der Waals surface area contributed by atoms with Crippen LogP contribution < -0.4 is 10.5 Å². The Hall–Kier alpha value is -1.07. The zero-order valence-electron chi connectivity index (χ0n) is 10.1. The molecule has 0 aliphatic rings. The fourth-order valence-electron chi connectivity index (χ4n) is 1.52. The molecule has 0 aliphatic heterocycles. The summed E-state index contributed by atoms with van der Waals surface area (Å²) in [7, 11) is -3.24. The molecule has 0 fully saturated rings. The van der Waals surface area contributed by atoms with Crippen LogP contribution in [0.2, 0.25) is 0 Å². The quantitative estimate of drug-likeness (QED) is 0.730. The van der Waals surface area contributed by atoms with Crippen LogP contribution >= 0.6 is 0 Å². The van der Waals surface area contributed by atoms with Gasteiger partial charge in [-0.3, -0.25) is 4.72 Å². The molecule has 96 valence electrons. The Balaban J connectivity index is 2.62. The first-order valence-corrected chi connectivity index (χ1v) is 7.52. The number of hydrogen-bond donors (Lipinski definition) is 2. The van der Waals surface area contributed by atoms with Gasteiger partial charge in [-0.1, -0.05) is 19.1 Å². The number of nitrogens with two attached hydrogens (primary N) is 1. The fraction of sp³-hybridized carbons (Fsp3) is 0.500. The molecule has 0 heterocycles. The van der Waals surface area contributed by atoms with Gasteiger partial charge in [0.1, 0.15) is 0 Å². The molecule has 4 nitrogen and oxygen atoms in total. The summed E-state index contributed by atoms with van der Waals surface area (Å²) in [6.07, 6.45) is 2.22. The minimum Gasteiger partial charge on any atom is -0.330 e. The van der Waals surface area contributed by atoms with Crippen molar-refractivity contribution in [1.29, 1.82) is 0 Å². The van der Waals surface area contributed by atoms with Crippen LogP contribution in [0.25, 0.3) is 0 Å². The highest BCUT2D eigenvalue weighted by atomic mass is 32.2. The third-order valence-corrected chi connectivity index (χ3v) is 3.85. The van der Waals surface area contributed by atoms with E-state index in [0.717, 1.165) is 18.4 Å². The van der Waals surface area contributed by atoms with Crippen LogP contribution in [0.1, 0.15) is 25.3 Å². The maximum atomic E-state index is 11.7. The average molecular weight is 256 g/mol. The summed E-state index contributed by atoms with van der Waals surface area (Å²) in [6, 6.07) is 7.46. The largest absolute Gasteiger partial charge is 0.330 e. The molecule has 0 atom stereocenters. The van der Waals surface area contributed by atoms with Gasteiger partial charge in [-0.15, -0.1) is 0 Å². The normalized spacial score (nSPS) is 11.4.